The van der Waals surface area contributed by atoms with Crippen LogP contribution in [-0.4, -0.2) is 24.8 Å². The molecule has 4 nitrogen and oxygen atoms in total. The SMILES string of the molecule is C[C@H](NC(=O)OCc1ccccc1)[C@H]1CO1. The number of hydrogen-bond donors (Lipinski definition) is 1. The first-order valence-corrected chi connectivity index (χ1v) is 5.34. The van der Waals surface area contributed by atoms with Crippen LogP contribution < -0.4 is 5.32 Å². The van der Waals surface area contributed by atoms with Crippen LogP contribution in [0.3, 0.4) is 0 Å². The average Bonchev–Trinajstić information content (AvgIpc) is 3.11. The van der Waals surface area contributed by atoms with Crippen LogP contribution >= 0.6 is 0 Å². The van der Waals surface area contributed by atoms with Crippen LogP contribution in [0.25, 0.3) is 0 Å². The molecule has 1 heterocycles. The summed E-state index contributed by atoms with van der Waals surface area (Å²) in [6.07, 6.45) is -0.240. The molecule has 0 bridgehead atoms. The largest absolute Gasteiger partial charge is 0.445 e. The van der Waals surface area contributed by atoms with Gasteiger partial charge >= 0.3 is 6.09 Å². The fourth-order valence-electron chi connectivity index (χ4n) is 1.39. The second-order valence-electron chi connectivity index (χ2n) is 3.87. The predicted molar refractivity (Wildman–Crippen MR) is 59.0 cm³/mol. The number of ether oxygens (including phenoxy) is 2. The molecule has 1 aliphatic heterocycles. The van der Waals surface area contributed by atoms with Crippen molar-refractivity contribution in [2.75, 3.05) is 6.61 Å². The van der Waals surface area contributed by atoms with Crippen molar-refractivity contribution in [2.45, 2.75) is 25.7 Å². The molecule has 0 saturated carbocycles. The molecule has 1 amide bonds. The van der Waals surface area contributed by atoms with Gasteiger partial charge in [-0.1, -0.05) is 30.3 Å². The lowest BCUT2D eigenvalue weighted by Crippen LogP contribution is -2.36. The van der Waals surface area contributed by atoms with Gasteiger partial charge in [0.05, 0.1) is 12.6 Å². The minimum absolute atomic E-state index is 0.0169. The summed E-state index contributed by atoms with van der Waals surface area (Å²) in [7, 11) is 0. The number of rotatable bonds is 4. The monoisotopic (exact) mass is 221 g/mol. The van der Waals surface area contributed by atoms with Crippen molar-refractivity contribution in [3.8, 4) is 0 Å². The molecule has 1 fully saturated rings. The molecule has 16 heavy (non-hydrogen) atoms. The molecule has 1 aliphatic rings. The van der Waals surface area contributed by atoms with Gasteiger partial charge in [0, 0.05) is 0 Å². The maximum atomic E-state index is 11.4. The Labute approximate surface area is 94.6 Å². The molecular weight excluding hydrogens is 206 g/mol. The van der Waals surface area contributed by atoms with Crippen molar-refractivity contribution in [3.63, 3.8) is 0 Å². The van der Waals surface area contributed by atoms with Gasteiger partial charge in [0.25, 0.3) is 0 Å². The topological polar surface area (TPSA) is 50.9 Å². The first-order valence-electron chi connectivity index (χ1n) is 5.34. The standard InChI is InChI=1S/C12H15NO3/c1-9(11-8-15-11)13-12(14)16-7-10-5-3-2-4-6-10/h2-6,9,11H,7-8H2,1H3,(H,13,14)/t9-,11+/m0/s1. The Kier molecular flexibility index (Phi) is 3.41. The highest BCUT2D eigenvalue weighted by Crippen LogP contribution is 2.13. The average molecular weight is 221 g/mol. The zero-order valence-corrected chi connectivity index (χ0v) is 9.18. The molecule has 1 N–H and O–H groups in total. The number of hydrogen-bond acceptors (Lipinski definition) is 3. The highest BCUT2D eigenvalue weighted by molar-refractivity contribution is 5.67. The highest BCUT2D eigenvalue weighted by Gasteiger charge is 2.30. The molecule has 1 aromatic rings. The third-order valence-electron chi connectivity index (χ3n) is 2.48. The molecule has 2 atom stereocenters. The van der Waals surface area contributed by atoms with Crippen molar-refractivity contribution in [1.29, 1.82) is 0 Å². The highest BCUT2D eigenvalue weighted by atomic mass is 16.6. The van der Waals surface area contributed by atoms with Gasteiger partial charge in [0.1, 0.15) is 12.7 Å². The third-order valence-corrected chi connectivity index (χ3v) is 2.48. The Bertz CT molecular complexity index is 349. The number of carbonyl (C=O) groups is 1. The van der Waals surface area contributed by atoms with Gasteiger partial charge in [-0.3, -0.25) is 0 Å². The molecule has 0 aliphatic carbocycles. The van der Waals surface area contributed by atoms with E-state index in [4.69, 9.17) is 9.47 Å². The van der Waals surface area contributed by atoms with Gasteiger partial charge in [-0.05, 0) is 12.5 Å². The Morgan fingerprint density at radius 3 is 2.88 bits per heavy atom. The summed E-state index contributed by atoms with van der Waals surface area (Å²) in [5, 5.41) is 2.73. The van der Waals surface area contributed by atoms with Gasteiger partial charge in [-0.25, -0.2) is 4.79 Å². The van der Waals surface area contributed by atoms with Crippen LogP contribution in [-0.2, 0) is 16.1 Å². The number of alkyl carbamates (subject to hydrolysis) is 1. The Balaban J connectivity index is 1.71. The smallest absolute Gasteiger partial charge is 0.407 e. The van der Waals surface area contributed by atoms with E-state index in [2.05, 4.69) is 5.32 Å². The lowest BCUT2D eigenvalue weighted by Gasteiger charge is -2.11. The molecule has 86 valence electrons. The summed E-state index contributed by atoms with van der Waals surface area (Å²) in [5.74, 6) is 0. The van der Waals surface area contributed by atoms with Crippen molar-refractivity contribution in [3.05, 3.63) is 35.9 Å². The van der Waals surface area contributed by atoms with Crippen LogP contribution in [0.1, 0.15) is 12.5 Å². The summed E-state index contributed by atoms with van der Waals surface area (Å²) >= 11 is 0. The lowest BCUT2D eigenvalue weighted by molar-refractivity contribution is 0.134. The summed E-state index contributed by atoms with van der Waals surface area (Å²) in [5.41, 5.74) is 0.980. The van der Waals surface area contributed by atoms with Gasteiger partial charge in [0.2, 0.25) is 0 Å². The van der Waals surface area contributed by atoms with E-state index in [-0.39, 0.29) is 12.1 Å². The zero-order valence-electron chi connectivity index (χ0n) is 9.18. The van der Waals surface area contributed by atoms with Crippen LogP contribution in [0.15, 0.2) is 30.3 Å². The molecule has 1 aromatic carbocycles. The lowest BCUT2D eigenvalue weighted by atomic mass is 10.2. The first-order chi connectivity index (χ1) is 7.75. The maximum absolute atomic E-state index is 11.4. The van der Waals surface area contributed by atoms with Gasteiger partial charge in [-0.2, -0.15) is 0 Å². The first kappa shape index (κ1) is 11.0. The molecule has 0 radical (unpaired) electrons. The van der Waals surface area contributed by atoms with E-state index in [1.165, 1.54) is 0 Å². The summed E-state index contributed by atoms with van der Waals surface area (Å²) in [6, 6.07) is 9.61. The number of carbonyl (C=O) groups excluding carboxylic acids is 1. The van der Waals surface area contributed by atoms with E-state index in [1.807, 2.05) is 37.3 Å². The van der Waals surface area contributed by atoms with Gasteiger partial charge < -0.3 is 14.8 Å². The van der Waals surface area contributed by atoms with E-state index in [9.17, 15) is 4.79 Å². The minimum atomic E-state index is -0.396. The summed E-state index contributed by atoms with van der Waals surface area (Å²) < 4.78 is 10.1. The molecule has 0 aromatic heterocycles. The summed E-state index contributed by atoms with van der Waals surface area (Å²) in [6.45, 7) is 2.92. The van der Waals surface area contributed by atoms with Crippen molar-refractivity contribution >= 4 is 6.09 Å². The number of amides is 1. The normalized spacial score (nSPS) is 19.9. The van der Waals surface area contributed by atoms with Gasteiger partial charge in [-0.15, -0.1) is 0 Å². The number of benzene rings is 1. The molecule has 1 saturated heterocycles. The Hall–Kier alpha value is -1.55. The zero-order chi connectivity index (χ0) is 11.4. The molecule has 0 spiro atoms. The summed E-state index contributed by atoms with van der Waals surface area (Å²) in [4.78, 5) is 11.4. The van der Waals surface area contributed by atoms with Crippen molar-refractivity contribution in [1.82, 2.24) is 5.32 Å². The fourth-order valence-corrected chi connectivity index (χ4v) is 1.39. The quantitative estimate of drug-likeness (QED) is 0.787. The third kappa shape index (κ3) is 3.24. The van der Waals surface area contributed by atoms with Crippen molar-refractivity contribution < 1.29 is 14.3 Å². The predicted octanol–water partition coefficient (Wildman–Crippen LogP) is 1.70. The Morgan fingerprint density at radius 2 is 2.25 bits per heavy atom. The Morgan fingerprint density at radius 1 is 1.56 bits per heavy atom. The maximum Gasteiger partial charge on any atom is 0.407 e. The van der Waals surface area contributed by atoms with E-state index < -0.39 is 6.09 Å². The van der Waals surface area contributed by atoms with E-state index >= 15 is 0 Å². The van der Waals surface area contributed by atoms with E-state index in [0.717, 1.165) is 12.2 Å². The van der Waals surface area contributed by atoms with Crippen molar-refractivity contribution in [2.24, 2.45) is 0 Å². The molecule has 2 rings (SSSR count). The van der Waals surface area contributed by atoms with Gasteiger partial charge in [0.15, 0.2) is 0 Å². The van der Waals surface area contributed by atoms with E-state index in [1.54, 1.807) is 0 Å². The van der Waals surface area contributed by atoms with Crippen LogP contribution in [0.4, 0.5) is 4.79 Å². The molecule has 0 unspecified atom stereocenters. The molecular formula is C12H15NO3. The van der Waals surface area contributed by atoms with Crippen LogP contribution in [0.2, 0.25) is 0 Å². The second-order valence-corrected chi connectivity index (χ2v) is 3.87. The number of nitrogens with one attached hydrogen (secondary N) is 1. The van der Waals surface area contributed by atoms with E-state index in [0.29, 0.717) is 6.61 Å². The minimum Gasteiger partial charge on any atom is -0.445 e. The fraction of sp³-hybridized carbons (Fsp3) is 0.417. The van der Waals surface area contributed by atoms with Crippen LogP contribution in [0.5, 0.6) is 0 Å². The molecule has 4 heteroatoms. The van der Waals surface area contributed by atoms with Crippen LogP contribution in [0, 0.1) is 0 Å². The number of epoxide rings is 1. The second kappa shape index (κ2) is 4.99.